The third kappa shape index (κ3) is 3.04. The molecule has 1 heterocycles. The van der Waals surface area contributed by atoms with Gasteiger partial charge in [-0.25, -0.2) is 0 Å². The van der Waals surface area contributed by atoms with Crippen molar-refractivity contribution in [3.8, 4) is 11.1 Å². The van der Waals surface area contributed by atoms with Gasteiger partial charge < -0.3 is 4.57 Å². The summed E-state index contributed by atoms with van der Waals surface area (Å²) in [5, 5.41) is 0. The van der Waals surface area contributed by atoms with Crippen molar-refractivity contribution in [2.45, 2.75) is 0 Å². The lowest BCUT2D eigenvalue weighted by Gasteiger charge is -2.02. The second-order valence-corrected chi connectivity index (χ2v) is 6.78. The number of aryl methyl sites for hydroxylation is 1. The number of fused-ring (bicyclic) bond motifs is 1. The summed E-state index contributed by atoms with van der Waals surface area (Å²) in [6, 6.07) is 25.8. The summed E-state index contributed by atoms with van der Waals surface area (Å²) in [7, 11) is 1.93. The molecule has 0 unspecified atom stereocenters. The van der Waals surface area contributed by atoms with Crippen molar-refractivity contribution in [3.05, 3.63) is 89.2 Å². The zero-order valence-corrected chi connectivity index (χ0v) is 14.5. The highest BCUT2D eigenvalue weighted by Crippen LogP contribution is 2.20. The van der Waals surface area contributed by atoms with Gasteiger partial charge >= 0.3 is 0 Å². The molecule has 122 valence electrons. The maximum atomic E-state index is 12.5. The van der Waals surface area contributed by atoms with Crippen molar-refractivity contribution < 1.29 is 4.79 Å². The molecule has 1 aromatic heterocycles. The summed E-state index contributed by atoms with van der Waals surface area (Å²) in [6.45, 7) is 0. The average Bonchev–Trinajstić information content (AvgIpc) is 2.98. The molecular weight excluding hydrogens is 328 g/mol. The first-order valence-electron chi connectivity index (χ1n) is 8.01. The molecular formula is C21H16N2OS. The van der Waals surface area contributed by atoms with E-state index in [2.05, 4.69) is 17.1 Å². The zero-order chi connectivity index (χ0) is 17.2. The highest BCUT2D eigenvalue weighted by Gasteiger charge is 2.07. The van der Waals surface area contributed by atoms with Crippen LogP contribution in [0.4, 0.5) is 0 Å². The number of nitrogens with zero attached hydrogens (tertiary/aromatic N) is 2. The van der Waals surface area contributed by atoms with Gasteiger partial charge in [0.25, 0.3) is 5.91 Å². The van der Waals surface area contributed by atoms with Crippen LogP contribution in [0.15, 0.2) is 83.9 Å². The van der Waals surface area contributed by atoms with Crippen LogP contribution < -0.4 is 4.80 Å². The number of thiazole rings is 1. The van der Waals surface area contributed by atoms with E-state index in [0.29, 0.717) is 10.4 Å². The first-order valence-corrected chi connectivity index (χ1v) is 8.83. The summed E-state index contributed by atoms with van der Waals surface area (Å²) >= 11 is 1.52. The fourth-order valence-electron chi connectivity index (χ4n) is 2.78. The number of hydrogen-bond donors (Lipinski definition) is 0. The Morgan fingerprint density at radius 1 is 0.840 bits per heavy atom. The lowest BCUT2D eigenvalue weighted by atomic mass is 10.0. The van der Waals surface area contributed by atoms with E-state index in [0.717, 1.165) is 21.3 Å². The van der Waals surface area contributed by atoms with Gasteiger partial charge in [0.2, 0.25) is 0 Å². The van der Waals surface area contributed by atoms with Crippen LogP contribution in [0.25, 0.3) is 21.3 Å². The minimum Gasteiger partial charge on any atom is -0.319 e. The third-order valence-corrected chi connectivity index (χ3v) is 5.26. The molecule has 0 saturated carbocycles. The molecule has 0 radical (unpaired) electrons. The van der Waals surface area contributed by atoms with Crippen molar-refractivity contribution in [1.29, 1.82) is 0 Å². The Morgan fingerprint density at radius 2 is 1.48 bits per heavy atom. The van der Waals surface area contributed by atoms with Crippen molar-refractivity contribution in [1.82, 2.24) is 4.57 Å². The number of benzene rings is 3. The fraction of sp³-hybridized carbons (Fsp3) is 0.0476. The smallest absolute Gasteiger partial charge is 0.279 e. The Hall–Kier alpha value is -2.98. The Morgan fingerprint density at radius 3 is 2.20 bits per heavy atom. The molecule has 0 bridgehead atoms. The lowest BCUT2D eigenvalue weighted by Crippen LogP contribution is -2.13. The second-order valence-electron chi connectivity index (χ2n) is 5.77. The predicted molar refractivity (Wildman–Crippen MR) is 103 cm³/mol. The molecule has 0 atom stereocenters. The number of para-hydroxylation sites is 1. The molecule has 0 aliphatic carbocycles. The van der Waals surface area contributed by atoms with Gasteiger partial charge in [-0.3, -0.25) is 4.79 Å². The average molecular weight is 344 g/mol. The van der Waals surface area contributed by atoms with E-state index in [-0.39, 0.29) is 5.91 Å². The van der Waals surface area contributed by atoms with Gasteiger partial charge in [-0.05, 0) is 35.4 Å². The molecule has 0 fully saturated rings. The Balaban J connectivity index is 1.67. The number of carbonyl (C=O) groups excluding carboxylic acids is 1. The highest BCUT2D eigenvalue weighted by molar-refractivity contribution is 7.16. The lowest BCUT2D eigenvalue weighted by molar-refractivity contribution is 0.0998. The van der Waals surface area contributed by atoms with E-state index < -0.39 is 0 Å². The van der Waals surface area contributed by atoms with Gasteiger partial charge in [-0.15, -0.1) is 0 Å². The number of rotatable bonds is 2. The van der Waals surface area contributed by atoms with Crippen molar-refractivity contribution in [2.24, 2.45) is 12.0 Å². The third-order valence-electron chi connectivity index (χ3n) is 4.15. The standard InChI is InChI=1S/C21H16N2OS/c1-23-18-9-5-6-10-19(18)25-21(23)22-20(24)17-13-11-16(12-14-17)15-7-3-2-4-8-15/h2-14H,1H3. The quantitative estimate of drug-likeness (QED) is 0.521. The van der Waals surface area contributed by atoms with E-state index in [1.807, 2.05) is 78.3 Å². The van der Waals surface area contributed by atoms with Gasteiger partial charge in [-0.2, -0.15) is 4.99 Å². The van der Waals surface area contributed by atoms with Crippen LogP contribution in [0.3, 0.4) is 0 Å². The van der Waals surface area contributed by atoms with E-state index in [4.69, 9.17) is 0 Å². The fourth-order valence-corrected chi connectivity index (χ4v) is 3.79. The van der Waals surface area contributed by atoms with E-state index >= 15 is 0 Å². The Labute approximate surface area is 149 Å². The molecule has 3 aromatic carbocycles. The minimum atomic E-state index is -0.221. The van der Waals surface area contributed by atoms with Crippen LogP contribution in [-0.2, 0) is 7.05 Å². The van der Waals surface area contributed by atoms with Crippen LogP contribution in [0.1, 0.15) is 10.4 Å². The molecule has 25 heavy (non-hydrogen) atoms. The summed E-state index contributed by atoms with van der Waals surface area (Å²) in [4.78, 5) is 17.5. The molecule has 4 aromatic rings. The van der Waals surface area contributed by atoms with Crippen LogP contribution in [0.2, 0.25) is 0 Å². The summed E-state index contributed by atoms with van der Waals surface area (Å²) in [6.07, 6.45) is 0. The number of hydrogen-bond acceptors (Lipinski definition) is 2. The van der Waals surface area contributed by atoms with Crippen molar-refractivity contribution in [2.75, 3.05) is 0 Å². The monoisotopic (exact) mass is 344 g/mol. The first-order chi connectivity index (χ1) is 12.2. The molecule has 4 heteroatoms. The SMILES string of the molecule is Cn1c(=NC(=O)c2ccc(-c3ccccc3)cc2)sc2ccccc21. The van der Waals surface area contributed by atoms with Gasteiger partial charge in [0.15, 0.2) is 4.80 Å². The maximum absolute atomic E-state index is 12.5. The molecule has 0 spiro atoms. The van der Waals surface area contributed by atoms with Gasteiger partial charge in [-0.1, -0.05) is 65.9 Å². The van der Waals surface area contributed by atoms with Crippen molar-refractivity contribution >= 4 is 27.5 Å². The Kier molecular flexibility index (Phi) is 4.04. The maximum Gasteiger partial charge on any atom is 0.279 e. The molecule has 1 amide bonds. The summed E-state index contributed by atoms with van der Waals surface area (Å²) in [5.74, 6) is -0.221. The molecule has 0 aliphatic heterocycles. The molecule has 3 nitrogen and oxygen atoms in total. The van der Waals surface area contributed by atoms with Crippen LogP contribution in [0.5, 0.6) is 0 Å². The van der Waals surface area contributed by atoms with Crippen LogP contribution in [0, 0.1) is 0 Å². The molecule has 0 saturated heterocycles. The molecule has 0 N–H and O–H groups in total. The van der Waals surface area contributed by atoms with Crippen LogP contribution in [-0.4, -0.2) is 10.5 Å². The summed E-state index contributed by atoms with van der Waals surface area (Å²) in [5.41, 5.74) is 3.90. The Bertz CT molecular complexity index is 1110. The van der Waals surface area contributed by atoms with Crippen molar-refractivity contribution in [3.63, 3.8) is 0 Å². The largest absolute Gasteiger partial charge is 0.319 e. The van der Waals surface area contributed by atoms with E-state index in [1.54, 1.807) is 0 Å². The minimum absolute atomic E-state index is 0.221. The number of carbonyl (C=O) groups is 1. The highest BCUT2D eigenvalue weighted by atomic mass is 32.1. The molecule has 4 rings (SSSR count). The molecule has 0 aliphatic rings. The predicted octanol–water partition coefficient (Wildman–Crippen LogP) is 4.65. The number of amides is 1. The normalized spacial score (nSPS) is 11.8. The van der Waals surface area contributed by atoms with Gasteiger partial charge in [0.05, 0.1) is 10.2 Å². The summed E-state index contributed by atoms with van der Waals surface area (Å²) < 4.78 is 3.08. The second kappa shape index (κ2) is 6.49. The van der Waals surface area contributed by atoms with Gasteiger partial charge in [0.1, 0.15) is 0 Å². The number of aromatic nitrogens is 1. The topological polar surface area (TPSA) is 34.4 Å². The van der Waals surface area contributed by atoms with Crippen LogP contribution >= 0.6 is 11.3 Å². The van der Waals surface area contributed by atoms with Gasteiger partial charge in [0, 0.05) is 12.6 Å². The van der Waals surface area contributed by atoms with E-state index in [1.165, 1.54) is 11.3 Å². The first kappa shape index (κ1) is 15.5. The zero-order valence-electron chi connectivity index (χ0n) is 13.7. The van der Waals surface area contributed by atoms with E-state index in [9.17, 15) is 4.79 Å².